The molecular weight excluding hydrogens is 368 g/mol. The van der Waals surface area contributed by atoms with Gasteiger partial charge in [-0.2, -0.15) is 9.03 Å². The number of nitrogens with zero attached hydrogens (tertiary/aromatic N) is 1. The molecule has 0 aromatic heterocycles. The third-order valence-corrected chi connectivity index (χ3v) is 7.41. The van der Waals surface area contributed by atoms with E-state index in [-0.39, 0.29) is 16.2 Å². The fraction of sp³-hybridized carbons (Fsp3) is 0.533. The molecule has 2 rings (SSSR count). The maximum atomic E-state index is 12.4. The van der Waals surface area contributed by atoms with E-state index in [1.165, 1.54) is 28.6 Å². The summed E-state index contributed by atoms with van der Waals surface area (Å²) >= 11 is 0. The van der Waals surface area contributed by atoms with Crippen LogP contribution in [0, 0.1) is 0 Å². The summed E-state index contributed by atoms with van der Waals surface area (Å²) in [7, 11) is -7.67. The lowest BCUT2D eigenvalue weighted by atomic mass is 10.2. The Kier molecular flexibility index (Phi) is 6.20. The Balaban J connectivity index is 2.22. The zero-order chi connectivity index (χ0) is 18.7. The zero-order valence-corrected chi connectivity index (χ0v) is 15.5. The Morgan fingerprint density at radius 1 is 1.12 bits per heavy atom. The van der Waals surface area contributed by atoms with E-state index in [0.29, 0.717) is 19.5 Å². The molecule has 1 aromatic rings. The van der Waals surface area contributed by atoms with Crippen LogP contribution in [-0.4, -0.2) is 51.3 Å². The predicted octanol–water partition coefficient (Wildman–Crippen LogP) is 1.00. The number of carboxylic acids is 1. The summed E-state index contributed by atoms with van der Waals surface area (Å²) in [6, 6.07) is 3.60. The van der Waals surface area contributed by atoms with E-state index >= 15 is 0 Å². The van der Waals surface area contributed by atoms with Gasteiger partial charge >= 0.3 is 5.97 Å². The minimum Gasteiger partial charge on any atom is -0.480 e. The molecule has 2 N–H and O–H groups in total. The summed E-state index contributed by atoms with van der Waals surface area (Å²) in [4.78, 5) is 11.0. The molecule has 1 atom stereocenters. The third-order valence-electron chi connectivity index (χ3n) is 4.01. The smallest absolute Gasteiger partial charge is 0.321 e. The number of nitrogens with one attached hydrogen (secondary N) is 1. The molecule has 1 aromatic carbocycles. The summed E-state index contributed by atoms with van der Waals surface area (Å²) in [5.41, 5.74) is 0. The standard InChI is InChI=1S/C15H22N2O6S2/c1-2-5-14(15(18)19)16-24(20,21)12-6-8-13(9-7-12)25(22,23)17-10-3-4-11-17/h6-9,14,16H,2-5,10-11H2,1H3,(H,18,19). The van der Waals surface area contributed by atoms with Gasteiger partial charge in [0.2, 0.25) is 20.0 Å². The van der Waals surface area contributed by atoms with Gasteiger partial charge in [0, 0.05) is 13.1 Å². The number of hydrogen-bond acceptors (Lipinski definition) is 5. The van der Waals surface area contributed by atoms with Crippen molar-refractivity contribution in [1.82, 2.24) is 9.03 Å². The normalized spacial score (nSPS) is 17.5. The van der Waals surface area contributed by atoms with Gasteiger partial charge in [0.15, 0.2) is 0 Å². The molecule has 0 saturated carbocycles. The van der Waals surface area contributed by atoms with Crippen molar-refractivity contribution >= 4 is 26.0 Å². The number of sulfonamides is 2. The Labute approximate surface area is 147 Å². The van der Waals surface area contributed by atoms with Gasteiger partial charge in [0.05, 0.1) is 9.79 Å². The van der Waals surface area contributed by atoms with Crippen molar-refractivity contribution in [3.05, 3.63) is 24.3 Å². The average Bonchev–Trinajstić information content (AvgIpc) is 3.09. The fourth-order valence-corrected chi connectivity index (χ4v) is 5.39. The van der Waals surface area contributed by atoms with Crippen molar-refractivity contribution in [2.75, 3.05) is 13.1 Å². The largest absolute Gasteiger partial charge is 0.480 e. The summed E-state index contributed by atoms with van der Waals surface area (Å²) in [6.07, 6.45) is 2.29. The molecule has 0 aliphatic carbocycles. The second-order valence-electron chi connectivity index (χ2n) is 5.88. The number of hydrogen-bond donors (Lipinski definition) is 2. The highest BCUT2D eigenvalue weighted by Crippen LogP contribution is 2.22. The van der Waals surface area contributed by atoms with Crippen molar-refractivity contribution in [3.63, 3.8) is 0 Å². The van der Waals surface area contributed by atoms with E-state index in [2.05, 4.69) is 4.72 Å². The van der Waals surface area contributed by atoms with Crippen LogP contribution in [0.1, 0.15) is 32.6 Å². The van der Waals surface area contributed by atoms with Gasteiger partial charge in [0.1, 0.15) is 6.04 Å². The van der Waals surface area contributed by atoms with Crippen LogP contribution in [0.3, 0.4) is 0 Å². The van der Waals surface area contributed by atoms with Crippen molar-refractivity contribution in [1.29, 1.82) is 0 Å². The molecular formula is C15H22N2O6S2. The number of aliphatic carboxylic acids is 1. The Morgan fingerprint density at radius 2 is 1.64 bits per heavy atom. The molecule has 1 aliphatic rings. The summed E-state index contributed by atoms with van der Waals surface area (Å²) in [6.45, 7) is 2.67. The molecule has 1 unspecified atom stereocenters. The van der Waals surface area contributed by atoms with Gasteiger partial charge in [-0.15, -0.1) is 0 Å². The highest BCUT2D eigenvalue weighted by molar-refractivity contribution is 7.89. The molecule has 10 heteroatoms. The maximum Gasteiger partial charge on any atom is 0.321 e. The summed E-state index contributed by atoms with van der Waals surface area (Å²) < 4.78 is 53.0. The van der Waals surface area contributed by atoms with Crippen LogP contribution >= 0.6 is 0 Å². The van der Waals surface area contributed by atoms with E-state index < -0.39 is 32.1 Å². The molecule has 8 nitrogen and oxygen atoms in total. The van der Waals surface area contributed by atoms with Crippen molar-refractivity contribution in [3.8, 4) is 0 Å². The van der Waals surface area contributed by atoms with Crippen molar-refractivity contribution < 1.29 is 26.7 Å². The first kappa shape index (κ1) is 19.8. The Morgan fingerprint density at radius 3 is 2.12 bits per heavy atom. The second-order valence-corrected chi connectivity index (χ2v) is 9.54. The van der Waals surface area contributed by atoms with Crippen LogP contribution in [-0.2, 0) is 24.8 Å². The SMILES string of the molecule is CCCC(NS(=O)(=O)c1ccc(S(=O)(=O)N2CCCC2)cc1)C(=O)O. The Hall–Kier alpha value is -1.49. The topological polar surface area (TPSA) is 121 Å². The molecule has 140 valence electrons. The van der Waals surface area contributed by atoms with Gasteiger partial charge in [-0.3, -0.25) is 4.79 Å². The molecule has 0 spiro atoms. The Bertz CT molecular complexity index is 812. The lowest BCUT2D eigenvalue weighted by Gasteiger charge is -2.16. The van der Waals surface area contributed by atoms with Crippen molar-refractivity contribution in [2.24, 2.45) is 0 Å². The van der Waals surface area contributed by atoms with Crippen molar-refractivity contribution in [2.45, 2.75) is 48.4 Å². The lowest BCUT2D eigenvalue weighted by Crippen LogP contribution is -2.40. The number of rotatable bonds is 8. The molecule has 1 heterocycles. The van der Waals surface area contributed by atoms with Crippen LogP contribution in [0.4, 0.5) is 0 Å². The monoisotopic (exact) mass is 390 g/mol. The van der Waals surface area contributed by atoms with E-state index in [1.807, 2.05) is 0 Å². The predicted molar refractivity (Wildman–Crippen MR) is 91.1 cm³/mol. The first-order chi connectivity index (χ1) is 11.7. The summed E-state index contributed by atoms with van der Waals surface area (Å²) in [5.74, 6) is -1.25. The molecule has 1 aliphatic heterocycles. The molecule has 25 heavy (non-hydrogen) atoms. The number of carboxylic acid groups (broad SMARTS) is 1. The lowest BCUT2D eigenvalue weighted by molar-refractivity contribution is -0.139. The van der Waals surface area contributed by atoms with Gasteiger partial charge in [-0.1, -0.05) is 13.3 Å². The quantitative estimate of drug-likeness (QED) is 0.683. The van der Waals surface area contributed by atoms with E-state index in [1.54, 1.807) is 6.92 Å². The van der Waals surface area contributed by atoms with Gasteiger partial charge in [-0.05, 0) is 43.5 Å². The van der Waals surface area contributed by atoms with Crippen LogP contribution in [0.15, 0.2) is 34.1 Å². The van der Waals surface area contributed by atoms with Gasteiger partial charge < -0.3 is 5.11 Å². The average molecular weight is 390 g/mol. The van der Waals surface area contributed by atoms with E-state index in [4.69, 9.17) is 5.11 Å². The van der Waals surface area contributed by atoms with Gasteiger partial charge in [-0.25, -0.2) is 16.8 Å². The van der Waals surface area contributed by atoms with Crippen LogP contribution in [0.2, 0.25) is 0 Å². The number of benzene rings is 1. The molecule has 0 radical (unpaired) electrons. The molecule has 0 amide bonds. The zero-order valence-electron chi connectivity index (χ0n) is 13.9. The highest BCUT2D eigenvalue weighted by Gasteiger charge is 2.28. The highest BCUT2D eigenvalue weighted by atomic mass is 32.2. The van der Waals surface area contributed by atoms with Gasteiger partial charge in [0.25, 0.3) is 0 Å². The minimum absolute atomic E-state index is 0.0247. The van der Waals surface area contributed by atoms with Crippen LogP contribution < -0.4 is 4.72 Å². The first-order valence-corrected chi connectivity index (χ1v) is 11.0. The fourth-order valence-electron chi connectivity index (χ4n) is 2.65. The molecule has 1 fully saturated rings. The summed E-state index contributed by atoms with van der Waals surface area (Å²) in [5, 5.41) is 9.07. The molecule has 0 bridgehead atoms. The second kappa shape index (κ2) is 7.81. The minimum atomic E-state index is -4.05. The molecule has 1 saturated heterocycles. The first-order valence-electron chi connectivity index (χ1n) is 8.04. The van der Waals surface area contributed by atoms with E-state index in [0.717, 1.165) is 12.8 Å². The maximum absolute atomic E-state index is 12.4. The van der Waals surface area contributed by atoms with Crippen LogP contribution in [0.5, 0.6) is 0 Å². The third kappa shape index (κ3) is 4.57. The van der Waals surface area contributed by atoms with Crippen LogP contribution in [0.25, 0.3) is 0 Å². The number of carbonyl (C=O) groups is 1. The van der Waals surface area contributed by atoms with E-state index in [9.17, 15) is 21.6 Å².